The van der Waals surface area contributed by atoms with Gasteiger partial charge in [0.1, 0.15) is 0 Å². The Morgan fingerprint density at radius 3 is 2.89 bits per heavy atom. The number of hydrogen-bond acceptors (Lipinski definition) is 1. The van der Waals surface area contributed by atoms with Gasteiger partial charge in [-0.2, -0.15) is 0 Å². The van der Waals surface area contributed by atoms with Crippen LogP contribution in [0.4, 0.5) is 0 Å². The lowest BCUT2D eigenvalue weighted by molar-refractivity contribution is 0.156. The molecule has 0 heterocycles. The number of aryl methyl sites for hydroxylation is 1. The summed E-state index contributed by atoms with van der Waals surface area (Å²) in [5, 5.41) is 0. The molecule has 0 saturated heterocycles. The SMILES string of the molecule is Cc1cccc(C2(N)CC3CC2C2CCCC32)c1. The third-order valence-corrected chi connectivity index (χ3v) is 6.12. The molecule has 3 fully saturated rings. The number of fused-ring (bicyclic) bond motifs is 5. The highest BCUT2D eigenvalue weighted by Gasteiger charge is 2.59. The van der Waals surface area contributed by atoms with Crippen LogP contribution in [0.5, 0.6) is 0 Å². The van der Waals surface area contributed by atoms with E-state index in [2.05, 4.69) is 31.2 Å². The minimum Gasteiger partial charge on any atom is -0.321 e. The summed E-state index contributed by atoms with van der Waals surface area (Å²) in [5.41, 5.74) is 9.63. The molecule has 3 aliphatic carbocycles. The van der Waals surface area contributed by atoms with Crippen molar-refractivity contribution in [3.05, 3.63) is 35.4 Å². The summed E-state index contributed by atoms with van der Waals surface area (Å²) >= 11 is 0. The van der Waals surface area contributed by atoms with Gasteiger partial charge >= 0.3 is 0 Å². The van der Waals surface area contributed by atoms with Gasteiger partial charge in [0.15, 0.2) is 0 Å². The highest BCUT2D eigenvalue weighted by molar-refractivity contribution is 5.33. The van der Waals surface area contributed by atoms with E-state index >= 15 is 0 Å². The lowest BCUT2D eigenvalue weighted by Crippen LogP contribution is -2.46. The molecule has 0 aromatic heterocycles. The first-order chi connectivity index (χ1) is 8.68. The quantitative estimate of drug-likeness (QED) is 0.798. The first-order valence-electron chi connectivity index (χ1n) is 7.54. The molecule has 1 nitrogen and oxygen atoms in total. The summed E-state index contributed by atoms with van der Waals surface area (Å²) in [6.45, 7) is 2.18. The van der Waals surface area contributed by atoms with Crippen LogP contribution in [-0.2, 0) is 5.54 Å². The van der Waals surface area contributed by atoms with Crippen molar-refractivity contribution in [2.45, 2.75) is 44.6 Å². The molecule has 1 aromatic carbocycles. The zero-order valence-electron chi connectivity index (χ0n) is 11.2. The molecule has 18 heavy (non-hydrogen) atoms. The average Bonchev–Trinajstić information content (AvgIpc) is 2.99. The fourth-order valence-electron chi connectivity index (χ4n) is 5.46. The van der Waals surface area contributed by atoms with Gasteiger partial charge in [-0.05, 0) is 61.8 Å². The molecule has 2 bridgehead atoms. The van der Waals surface area contributed by atoms with Crippen molar-refractivity contribution >= 4 is 0 Å². The number of nitrogens with two attached hydrogens (primary N) is 1. The third-order valence-electron chi connectivity index (χ3n) is 6.12. The predicted molar refractivity (Wildman–Crippen MR) is 74.1 cm³/mol. The van der Waals surface area contributed by atoms with Gasteiger partial charge in [-0.25, -0.2) is 0 Å². The van der Waals surface area contributed by atoms with E-state index in [1.807, 2.05) is 0 Å². The largest absolute Gasteiger partial charge is 0.321 e. The highest BCUT2D eigenvalue weighted by atomic mass is 14.8. The average molecular weight is 241 g/mol. The molecule has 3 saturated carbocycles. The molecule has 1 heteroatoms. The van der Waals surface area contributed by atoms with E-state index in [-0.39, 0.29) is 5.54 Å². The maximum atomic E-state index is 6.89. The molecular weight excluding hydrogens is 218 g/mol. The zero-order valence-corrected chi connectivity index (χ0v) is 11.2. The molecule has 0 spiro atoms. The van der Waals surface area contributed by atoms with E-state index < -0.39 is 0 Å². The second-order valence-electron chi connectivity index (χ2n) is 6.97. The third kappa shape index (κ3) is 1.31. The number of rotatable bonds is 1. The van der Waals surface area contributed by atoms with Crippen LogP contribution in [0.1, 0.15) is 43.2 Å². The standard InChI is InChI=1S/C17H23N/c1-11-4-2-5-13(8-11)17(18)10-12-9-16(17)15-7-3-6-14(12)15/h2,4-5,8,12,14-16H,3,6-7,9-10,18H2,1H3. The van der Waals surface area contributed by atoms with Crippen molar-refractivity contribution in [3.8, 4) is 0 Å². The molecule has 5 unspecified atom stereocenters. The van der Waals surface area contributed by atoms with Crippen LogP contribution in [0.2, 0.25) is 0 Å². The van der Waals surface area contributed by atoms with E-state index in [0.717, 1.165) is 23.7 Å². The Kier molecular flexibility index (Phi) is 2.21. The number of hydrogen-bond donors (Lipinski definition) is 1. The predicted octanol–water partition coefficient (Wildman–Crippen LogP) is 3.61. The molecule has 0 aliphatic heterocycles. The van der Waals surface area contributed by atoms with Crippen LogP contribution < -0.4 is 5.73 Å². The van der Waals surface area contributed by atoms with Gasteiger partial charge in [-0.3, -0.25) is 0 Å². The first-order valence-corrected chi connectivity index (χ1v) is 7.54. The van der Waals surface area contributed by atoms with E-state index in [1.54, 1.807) is 0 Å². The second-order valence-corrected chi connectivity index (χ2v) is 6.97. The normalized spacial score (nSPS) is 45.4. The van der Waals surface area contributed by atoms with Crippen molar-refractivity contribution in [2.24, 2.45) is 29.4 Å². The summed E-state index contributed by atoms with van der Waals surface area (Å²) < 4.78 is 0. The molecule has 96 valence electrons. The fraction of sp³-hybridized carbons (Fsp3) is 0.647. The maximum absolute atomic E-state index is 6.89. The Morgan fingerprint density at radius 2 is 2.06 bits per heavy atom. The van der Waals surface area contributed by atoms with Crippen molar-refractivity contribution in [2.75, 3.05) is 0 Å². The molecule has 1 aromatic rings. The molecule has 5 atom stereocenters. The Labute approximate surface area is 110 Å². The molecular formula is C17H23N. The molecule has 4 rings (SSSR count). The van der Waals surface area contributed by atoms with Gasteiger partial charge in [-0.1, -0.05) is 36.2 Å². The van der Waals surface area contributed by atoms with Crippen molar-refractivity contribution in [1.29, 1.82) is 0 Å². The molecule has 3 aliphatic rings. The summed E-state index contributed by atoms with van der Waals surface area (Å²) in [6.07, 6.45) is 7.01. The van der Waals surface area contributed by atoms with Gasteiger partial charge in [-0.15, -0.1) is 0 Å². The Morgan fingerprint density at radius 1 is 1.22 bits per heavy atom. The van der Waals surface area contributed by atoms with E-state index in [1.165, 1.54) is 43.2 Å². The first kappa shape index (κ1) is 11.0. The van der Waals surface area contributed by atoms with Crippen LogP contribution in [0.15, 0.2) is 24.3 Å². The van der Waals surface area contributed by atoms with Crippen LogP contribution in [0.3, 0.4) is 0 Å². The smallest absolute Gasteiger partial charge is 0.0443 e. The van der Waals surface area contributed by atoms with Gasteiger partial charge in [0.05, 0.1) is 0 Å². The molecule has 0 amide bonds. The van der Waals surface area contributed by atoms with Crippen LogP contribution >= 0.6 is 0 Å². The van der Waals surface area contributed by atoms with Crippen molar-refractivity contribution < 1.29 is 0 Å². The number of benzene rings is 1. The lowest BCUT2D eigenvalue weighted by atomic mass is 9.68. The van der Waals surface area contributed by atoms with Crippen LogP contribution in [0.25, 0.3) is 0 Å². The fourth-order valence-corrected chi connectivity index (χ4v) is 5.46. The lowest BCUT2D eigenvalue weighted by Gasteiger charge is -2.40. The van der Waals surface area contributed by atoms with Gasteiger partial charge in [0.2, 0.25) is 0 Å². The van der Waals surface area contributed by atoms with Crippen LogP contribution in [-0.4, -0.2) is 0 Å². The topological polar surface area (TPSA) is 26.0 Å². The van der Waals surface area contributed by atoms with Gasteiger partial charge < -0.3 is 5.73 Å². The zero-order chi connectivity index (χ0) is 12.3. The summed E-state index contributed by atoms with van der Waals surface area (Å²) in [7, 11) is 0. The van der Waals surface area contributed by atoms with Crippen molar-refractivity contribution in [1.82, 2.24) is 0 Å². The van der Waals surface area contributed by atoms with Gasteiger partial charge in [0, 0.05) is 5.54 Å². The van der Waals surface area contributed by atoms with Gasteiger partial charge in [0.25, 0.3) is 0 Å². The summed E-state index contributed by atoms with van der Waals surface area (Å²) in [5.74, 6) is 3.65. The minimum atomic E-state index is -0.0117. The monoisotopic (exact) mass is 241 g/mol. The maximum Gasteiger partial charge on any atom is 0.0443 e. The molecule has 0 radical (unpaired) electrons. The van der Waals surface area contributed by atoms with Crippen LogP contribution in [0, 0.1) is 30.6 Å². The van der Waals surface area contributed by atoms with E-state index in [9.17, 15) is 0 Å². The molecule has 2 N–H and O–H groups in total. The minimum absolute atomic E-state index is 0.0117. The summed E-state index contributed by atoms with van der Waals surface area (Å²) in [4.78, 5) is 0. The Bertz CT molecular complexity index is 480. The van der Waals surface area contributed by atoms with E-state index in [0.29, 0.717) is 0 Å². The summed E-state index contributed by atoms with van der Waals surface area (Å²) in [6, 6.07) is 8.94. The highest BCUT2D eigenvalue weighted by Crippen LogP contribution is 2.64. The van der Waals surface area contributed by atoms with E-state index in [4.69, 9.17) is 5.73 Å². The second kappa shape index (κ2) is 3.60. The van der Waals surface area contributed by atoms with Crippen molar-refractivity contribution in [3.63, 3.8) is 0 Å². The Balaban J connectivity index is 1.73. The Hall–Kier alpha value is -0.820.